The molecule has 1 saturated heterocycles. The monoisotopic (exact) mass is 224 g/mol. The number of nitrogens with two attached hydrogens (primary N) is 1. The van der Waals surface area contributed by atoms with Gasteiger partial charge in [0.1, 0.15) is 0 Å². The number of hydrogen-bond donors (Lipinski definition) is 1. The maximum Gasteiger partial charge on any atom is 0.230 e. The van der Waals surface area contributed by atoms with E-state index in [1.807, 2.05) is 0 Å². The first kappa shape index (κ1) is 11.9. The molecule has 0 aromatic carbocycles. The Balaban J connectivity index is 1.92. The number of nitrogens with zero attached hydrogens (tertiary/aromatic N) is 1. The Labute approximate surface area is 98.4 Å². The molecule has 0 aromatic heterocycles. The van der Waals surface area contributed by atoms with Crippen LogP contribution in [-0.2, 0) is 4.79 Å². The van der Waals surface area contributed by atoms with Crippen LogP contribution in [-0.4, -0.2) is 30.4 Å². The van der Waals surface area contributed by atoms with Gasteiger partial charge in [-0.25, -0.2) is 0 Å². The molecule has 1 aliphatic carbocycles. The van der Waals surface area contributed by atoms with E-state index in [-0.39, 0.29) is 5.41 Å². The molecule has 3 heteroatoms. The number of piperidine rings is 1. The van der Waals surface area contributed by atoms with E-state index >= 15 is 0 Å². The molecule has 1 amide bonds. The van der Waals surface area contributed by atoms with Gasteiger partial charge in [-0.1, -0.05) is 20.3 Å². The predicted molar refractivity (Wildman–Crippen MR) is 64.9 cm³/mol. The fraction of sp³-hybridized carbons (Fsp3) is 0.923. The van der Waals surface area contributed by atoms with Crippen molar-refractivity contribution in [2.24, 2.45) is 16.6 Å². The molecule has 0 spiro atoms. The fourth-order valence-corrected chi connectivity index (χ4v) is 2.59. The van der Waals surface area contributed by atoms with E-state index in [1.54, 1.807) is 0 Å². The molecule has 1 aliphatic heterocycles. The van der Waals surface area contributed by atoms with Crippen molar-refractivity contribution in [1.29, 1.82) is 0 Å². The molecule has 1 saturated carbocycles. The van der Waals surface area contributed by atoms with Gasteiger partial charge in [-0.05, 0) is 31.1 Å². The highest BCUT2D eigenvalue weighted by Gasteiger charge is 2.51. The number of likely N-dealkylation sites (tertiary alicyclic amines) is 1. The van der Waals surface area contributed by atoms with Crippen molar-refractivity contribution < 1.29 is 4.79 Å². The third kappa shape index (κ3) is 1.97. The molecular weight excluding hydrogens is 200 g/mol. The summed E-state index contributed by atoms with van der Waals surface area (Å²) < 4.78 is 0. The van der Waals surface area contributed by atoms with Crippen LogP contribution in [0.3, 0.4) is 0 Å². The van der Waals surface area contributed by atoms with Crippen LogP contribution in [0.1, 0.15) is 46.0 Å². The molecule has 2 N–H and O–H groups in total. The molecule has 0 aromatic rings. The second-order valence-electron chi connectivity index (χ2n) is 5.94. The third-order valence-corrected chi connectivity index (χ3v) is 4.81. The first-order chi connectivity index (χ1) is 7.55. The SMILES string of the molecule is CCC1(C)CCN(C(=O)C2(CN)CC2)CC1. The summed E-state index contributed by atoms with van der Waals surface area (Å²) in [4.78, 5) is 14.3. The summed E-state index contributed by atoms with van der Waals surface area (Å²) >= 11 is 0. The Hall–Kier alpha value is -0.570. The number of carbonyl (C=O) groups is 1. The summed E-state index contributed by atoms with van der Waals surface area (Å²) in [6.45, 7) is 6.99. The highest BCUT2D eigenvalue weighted by atomic mass is 16.2. The van der Waals surface area contributed by atoms with Crippen LogP contribution >= 0.6 is 0 Å². The summed E-state index contributed by atoms with van der Waals surface area (Å²) in [6, 6.07) is 0. The third-order valence-electron chi connectivity index (χ3n) is 4.81. The van der Waals surface area contributed by atoms with Gasteiger partial charge in [-0.15, -0.1) is 0 Å². The van der Waals surface area contributed by atoms with Crippen LogP contribution in [0.2, 0.25) is 0 Å². The topological polar surface area (TPSA) is 46.3 Å². The smallest absolute Gasteiger partial charge is 0.230 e. The van der Waals surface area contributed by atoms with Crippen molar-refractivity contribution in [2.45, 2.75) is 46.0 Å². The van der Waals surface area contributed by atoms with Gasteiger partial charge >= 0.3 is 0 Å². The van der Waals surface area contributed by atoms with Crippen molar-refractivity contribution in [3.05, 3.63) is 0 Å². The van der Waals surface area contributed by atoms with Gasteiger partial charge in [0.05, 0.1) is 5.41 Å². The van der Waals surface area contributed by atoms with E-state index in [1.165, 1.54) is 6.42 Å². The van der Waals surface area contributed by atoms with Gasteiger partial charge in [0.15, 0.2) is 0 Å². The lowest BCUT2D eigenvalue weighted by atomic mass is 9.78. The van der Waals surface area contributed by atoms with Crippen molar-refractivity contribution in [2.75, 3.05) is 19.6 Å². The van der Waals surface area contributed by atoms with Gasteiger partial charge in [-0.3, -0.25) is 4.79 Å². The van der Waals surface area contributed by atoms with E-state index < -0.39 is 0 Å². The van der Waals surface area contributed by atoms with Crippen molar-refractivity contribution >= 4 is 5.91 Å². The second kappa shape index (κ2) is 4.02. The predicted octanol–water partition coefficient (Wildman–Crippen LogP) is 1.76. The molecule has 2 fully saturated rings. The van der Waals surface area contributed by atoms with E-state index in [0.717, 1.165) is 38.8 Å². The lowest BCUT2D eigenvalue weighted by Crippen LogP contribution is -2.46. The van der Waals surface area contributed by atoms with E-state index in [0.29, 0.717) is 17.9 Å². The molecule has 1 heterocycles. The Bertz CT molecular complexity index is 276. The van der Waals surface area contributed by atoms with Crippen molar-refractivity contribution in [3.63, 3.8) is 0 Å². The molecule has 0 radical (unpaired) electrons. The van der Waals surface area contributed by atoms with Gasteiger partial charge < -0.3 is 10.6 Å². The first-order valence-electron chi connectivity index (χ1n) is 6.55. The number of hydrogen-bond acceptors (Lipinski definition) is 2. The van der Waals surface area contributed by atoms with Crippen LogP contribution in [0, 0.1) is 10.8 Å². The van der Waals surface area contributed by atoms with Crippen molar-refractivity contribution in [1.82, 2.24) is 4.90 Å². The minimum absolute atomic E-state index is 0.153. The summed E-state index contributed by atoms with van der Waals surface area (Å²) in [5, 5.41) is 0. The largest absolute Gasteiger partial charge is 0.342 e. The summed E-state index contributed by atoms with van der Waals surface area (Å²) in [7, 11) is 0. The normalized spacial score (nSPS) is 26.6. The van der Waals surface area contributed by atoms with Crippen molar-refractivity contribution in [3.8, 4) is 0 Å². The standard InChI is InChI=1S/C13H24N2O/c1-3-12(2)6-8-15(9-7-12)11(16)13(10-14)4-5-13/h3-10,14H2,1-2H3. The molecule has 92 valence electrons. The van der Waals surface area contributed by atoms with Crippen LogP contribution in [0.4, 0.5) is 0 Å². The van der Waals surface area contributed by atoms with Gasteiger partial charge in [0.2, 0.25) is 5.91 Å². The van der Waals surface area contributed by atoms with Gasteiger partial charge in [-0.2, -0.15) is 0 Å². The van der Waals surface area contributed by atoms with Crippen LogP contribution in [0.25, 0.3) is 0 Å². The van der Waals surface area contributed by atoms with E-state index in [4.69, 9.17) is 5.73 Å². The van der Waals surface area contributed by atoms with Gasteiger partial charge in [0, 0.05) is 19.6 Å². The molecule has 16 heavy (non-hydrogen) atoms. The van der Waals surface area contributed by atoms with Gasteiger partial charge in [0.25, 0.3) is 0 Å². The number of carbonyl (C=O) groups excluding carboxylic acids is 1. The Morgan fingerprint density at radius 3 is 2.19 bits per heavy atom. The second-order valence-corrected chi connectivity index (χ2v) is 5.94. The number of amides is 1. The first-order valence-corrected chi connectivity index (χ1v) is 6.55. The number of rotatable bonds is 3. The molecule has 3 nitrogen and oxygen atoms in total. The summed E-state index contributed by atoms with van der Waals surface area (Å²) in [5.41, 5.74) is 6.01. The lowest BCUT2D eigenvalue weighted by Gasteiger charge is -2.40. The Kier molecular flexibility index (Phi) is 2.99. The van der Waals surface area contributed by atoms with Crippen LogP contribution in [0.15, 0.2) is 0 Å². The zero-order valence-corrected chi connectivity index (χ0v) is 10.6. The van der Waals surface area contributed by atoms with E-state index in [2.05, 4.69) is 18.7 Å². The average Bonchev–Trinajstić information content (AvgIpc) is 3.10. The molecule has 0 atom stereocenters. The molecule has 0 unspecified atom stereocenters. The maximum atomic E-state index is 12.3. The highest BCUT2D eigenvalue weighted by Crippen LogP contribution is 2.47. The lowest BCUT2D eigenvalue weighted by molar-refractivity contribution is -0.138. The zero-order valence-electron chi connectivity index (χ0n) is 10.6. The zero-order chi connectivity index (χ0) is 11.8. The maximum absolute atomic E-state index is 12.3. The Morgan fingerprint density at radius 1 is 1.25 bits per heavy atom. The van der Waals surface area contributed by atoms with Crippen LogP contribution < -0.4 is 5.73 Å². The van der Waals surface area contributed by atoms with E-state index in [9.17, 15) is 4.79 Å². The highest BCUT2D eigenvalue weighted by molar-refractivity contribution is 5.85. The quantitative estimate of drug-likeness (QED) is 0.794. The Morgan fingerprint density at radius 2 is 1.81 bits per heavy atom. The minimum Gasteiger partial charge on any atom is -0.342 e. The molecule has 0 bridgehead atoms. The van der Waals surface area contributed by atoms with Crippen LogP contribution in [0.5, 0.6) is 0 Å². The molecule has 2 rings (SSSR count). The molecular formula is C13H24N2O. The molecule has 2 aliphatic rings. The summed E-state index contributed by atoms with van der Waals surface area (Å²) in [6.07, 6.45) is 5.52. The average molecular weight is 224 g/mol. The minimum atomic E-state index is -0.153. The summed E-state index contributed by atoms with van der Waals surface area (Å²) in [5.74, 6) is 0.327. The fourth-order valence-electron chi connectivity index (χ4n) is 2.59.